The summed E-state index contributed by atoms with van der Waals surface area (Å²) in [6.45, 7) is 0.526. The highest BCUT2D eigenvalue weighted by molar-refractivity contribution is 7.98. The van der Waals surface area contributed by atoms with Crippen LogP contribution in [-0.2, 0) is 4.79 Å². The zero-order valence-electron chi connectivity index (χ0n) is 8.23. The Morgan fingerprint density at radius 3 is 3.07 bits per heavy atom. The first-order valence-electron chi connectivity index (χ1n) is 4.47. The number of rotatable bonds is 2. The molecule has 1 fully saturated rings. The van der Waals surface area contributed by atoms with Gasteiger partial charge in [0.25, 0.3) is 0 Å². The summed E-state index contributed by atoms with van der Waals surface area (Å²) >= 11 is 1.42. The van der Waals surface area contributed by atoms with Crippen molar-refractivity contribution in [3.63, 3.8) is 0 Å². The van der Waals surface area contributed by atoms with Gasteiger partial charge >= 0.3 is 0 Å². The van der Waals surface area contributed by atoms with E-state index in [0.717, 1.165) is 0 Å². The van der Waals surface area contributed by atoms with Gasteiger partial charge in [-0.2, -0.15) is 4.98 Å². The molecule has 1 aliphatic heterocycles. The van der Waals surface area contributed by atoms with Gasteiger partial charge in [0.2, 0.25) is 17.0 Å². The van der Waals surface area contributed by atoms with E-state index in [4.69, 9.17) is 6.42 Å². The van der Waals surface area contributed by atoms with Crippen molar-refractivity contribution in [2.75, 3.05) is 17.7 Å². The summed E-state index contributed by atoms with van der Waals surface area (Å²) in [5.41, 5.74) is 0. The second kappa shape index (κ2) is 3.95. The molecule has 0 bridgehead atoms. The van der Waals surface area contributed by atoms with Gasteiger partial charge in [0.15, 0.2) is 0 Å². The molecule has 1 N–H and O–H groups in total. The number of nitrogens with one attached hydrogen (secondary N) is 1. The van der Waals surface area contributed by atoms with Crippen molar-refractivity contribution in [2.45, 2.75) is 11.6 Å². The number of aromatic nitrogens is 3. The van der Waals surface area contributed by atoms with Crippen molar-refractivity contribution >= 4 is 23.6 Å². The fourth-order valence-electron chi connectivity index (χ4n) is 1.47. The third kappa shape index (κ3) is 1.83. The minimum atomic E-state index is -0.0136. The molecule has 1 atom stereocenters. The Hall–Kier alpha value is -1.48. The van der Waals surface area contributed by atoms with E-state index < -0.39 is 0 Å². The molecule has 0 aliphatic carbocycles. The molecule has 0 radical (unpaired) electrons. The smallest absolute Gasteiger partial charge is 0.230 e. The van der Waals surface area contributed by atoms with Crippen molar-refractivity contribution in [1.82, 2.24) is 15.2 Å². The van der Waals surface area contributed by atoms with Gasteiger partial charge in [-0.3, -0.25) is 9.69 Å². The van der Waals surface area contributed by atoms with Crippen molar-refractivity contribution in [3.05, 3.63) is 0 Å². The lowest BCUT2D eigenvalue weighted by Crippen LogP contribution is -2.25. The molecule has 1 unspecified atom stereocenters. The maximum absolute atomic E-state index is 11.6. The third-order valence-corrected chi connectivity index (χ3v) is 2.80. The Morgan fingerprint density at radius 1 is 1.73 bits per heavy atom. The number of H-pyrrole nitrogens is 1. The molecule has 1 aromatic heterocycles. The summed E-state index contributed by atoms with van der Waals surface area (Å²) in [7, 11) is 0. The largest absolute Gasteiger partial charge is 0.280 e. The Labute approximate surface area is 91.6 Å². The van der Waals surface area contributed by atoms with Gasteiger partial charge < -0.3 is 0 Å². The summed E-state index contributed by atoms with van der Waals surface area (Å²) in [6, 6.07) is 0. The highest BCUT2D eigenvalue weighted by atomic mass is 32.2. The van der Waals surface area contributed by atoms with Gasteiger partial charge in [0, 0.05) is 18.9 Å². The summed E-state index contributed by atoms with van der Waals surface area (Å²) in [5, 5.41) is 7.30. The number of thioether (sulfide) groups is 1. The van der Waals surface area contributed by atoms with Gasteiger partial charge in [-0.25, -0.2) is 5.10 Å². The Kier molecular flexibility index (Phi) is 2.64. The number of carbonyl (C=O) groups excluding carboxylic acids is 1. The number of aromatic amines is 1. The van der Waals surface area contributed by atoms with E-state index in [1.165, 1.54) is 11.8 Å². The SMILES string of the molecule is C#CC1CC(=O)N(c2nc(SC)n[nH]2)C1. The molecule has 15 heavy (non-hydrogen) atoms. The summed E-state index contributed by atoms with van der Waals surface area (Å²) in [4.78, 5) is 17.3. The predicted molar refractivity (Wildman–Crippen MR) is 57.5 cm³/mol. The molecular formula is C9H10N4OS. The topological polar surface area (TPSA) is 61.9 Å². The average molecular weight is 222 g/mol. The number of nitrogens with zero attached hydrogens (tertiary/aromatic N) is 3. The van der Waals surface area contributed by atoms with Gasteiger partial charge in [-0.1, -0.05) is 11.8 Å². The minimum Gasteiger partial charge on any atom is -0.280 e. The van der Waals surface area contributed by atoms with Crippen LogP contribution in [0, 0.1) is 18.3 Å². The van der Waals surface area contributed by atoms with Crippen LogP contribution in [0.2, 0.25) is 0 Å². The molecular weight excluding hydrogens is 212 g/mol. The fourth-order valence-corrected chi connectivity index (χ4v) is 1.79. The zero-order valence-corrected chi connectivity index (χ0v) is 9.04. The molecule has 6 heteroatoms. The predicted octanol–water partition coefficient (Wildman–Crippen LogP) is 0.513. The molecule has 1 saturated heterocycles. The number of hydrogen-bond acceptors (Lipinski definition) is 4. The van der Waals surface area contributed by atoms with Crippen LogP contribution in [0.25, 0.3) is 0 Å². The summed E-state index contributed by atoms with van der Waals surface area (Å²) in [6.07, 6.45) is 7.56. The standard InChI is InChI=1S/C9H10N4OS/c1-3-6-4-7(14)13(5-6)8-10-9(15-2)12-11-8/h1,6H,4-5H2,2H3,(H,10,11,12). The van der Waals surface area contributed by atoms with E-state index in [1.54, 1.807) is 4.90 Å². The Morgan fingerprint density at radius 2 is 2.53 bits per heavy atom. The highest BCUT2D eigenvalue weighted by Gasteiger charge is 2.31. The van der Waals surface area contributed by atoms with Crippen LogP contribution in [0.15, 0.2) is 5.16 Å². The summed E-state index contributed by atoms with van der Waals surface area (Å²) < 4.78 is 0. The van der Waals surface area contributed by atoms with E-state index >= 15 is 0 Å². The van der Waals surface area contributed by atoms with Crippen LogP contribution < -0.4 is 4.90 Å². The monoisotopic (exact) mass is 222 g/mol. The third-order valence-electron chi connectivity index (χ3n) is 2.25. The van der Waals surface area contributed by atoms with Gasteiger partial charge in [-0.05, 0) is 6.26 Å². The van der Waals surface area contributed by atoms with E-state index in [1.807, 2.05) is 6.26 Å². The number of amides is 1. The van der Waals surface area contributed by atoms with Crippen molar-refractivity contribution in [3.8, 4) is 12.3 Å². The van der Waals surface area contributed by atoms with Crippen LogP contribution in [0.1, 0.15) is 6.42 Å². The maximum atomic E-state index is 11.6. The van der Waals surface area contributed by atoms with Crippen LogP contribution in [0.5, 0.6) is 0 Å². The van der Waals surface area contributed by atoms with E-state index in [2.05, 4.69) is 21.1 Å². The van der Waals surface area contributed by atoms with Gasteiger partial charge in [-0.15, -0.1) is 17.4 Å². The molecule has 1 aliphatic rings. The van der Waals surface area contributed by atoms with Crippen LogP contribution in [-0.4, -0.2) is 33.9 Å². The second-order valence-corrected chi connectivity index (χ2v) is 3.99. The highest BCUT2D eigenvalue weighted by Crippen LogP contribution is 2.22. The van der Waals surface area contributed by atoms with Gasteiger partial charge in [0.05, 0.1) is 0 Å². The van der Waals surface area contributed by atoms with E-state index in [-0.39, 0.29) is 11.8 Å². The quantitative estimate of drug-likeness (QED) is 0.585. The minimum absolute atomic E-state index is 0.00162. The molecule has 1 amide bonds. The molecule has 0 saturated carbocycles. The summed E-state index contributed by atoms with van der Waals surface area (Å²) in [5.74, 6) is 3.06. The van der Waals surface area contributed by atoms with Crippen molar-refractivity contribution < 1.29 is 4.79 Å². The van der Waals surface area contributed by atoms with Crippen LogP contribution in [0.4, 0.5) is 5.95 Å². The first-order chi connectivity index (χ1) is 7.24. The Bertz CT molecular complexity index is 422. The molecule has 78 valence electrons. The van der Waals surface area contributed by atoms with Crippen molar-refractivity contribution in [2.24, 2.45) is 5.92 Å². The first-order valence-corrected chi connectivity index (χ1v) is 5.70. The molecule has 1 aromatic rings. The van der Waals surface area contributed by atoms with Crippen LogP contribution >= 0.6 is 11.8 Å². The lowest BCUT2D eigenvalue weighted by Gasteiger charge is -2.10. The lowest BCUT2D eigenvalue weighted by molar-refractivity contribution is -0.117. The van der Waals surface area contributed by atoms with Crippen molar-refractivity contribution in [1.29, 1.82) is 0 Å². The number of anilines is 1. The zero-order chi connectivity index (χ0) is 10.8. The van der Waals surface area contributed by atoms with Gasteiger partial charge in [0.1, 0.15) is 0 Å². The molecule has 2 rings (SSSR count). The lowest BCUT2D eigenvalue weighted by atomic mass is 10.1. The number of carbonyl (C=O) groups is 1. The molecule has 5 nitrogen and oxygen atoms in total. The normalized spacial score (nSPS) is 20.7. The molecule has 0 aromatic carbocycles. The molecule has 2 heterocycles. The Balaban J connectivity index is 2.18. The number of terminal acetylenes is 1. The van der Waals surface area contributed by atoms with Crippen LogP contribution in [0.3, 0.4) is 0 Å². The van der Waals surface area contributed by atoms with E-state index in [9.17, 15) is 4.79 Å². The first kappa shape index (κ1) is 10.1. The average Bonchev–Trinajstić information content (AvgIpc) is 2.83. The second-order valence-electron chi connectivity index (χ2n) is 3.22. The number of hydrogen-bond donors (Lipinski definition) is 1. The maximum Gasteiger partial charge on any atom is 0.230 e. The van der Waals surface area contributed by atoms with E-state index in [0.29, 0.717) is 24.1 Å². The molecule has 0 spiro atoms. The fraction of sp³-hybridized carbons (Fsp3) is 0.444.